The summed E-state index contributed by atoms with van der Waals surface area (Å²) in [7, 11) is 1.53. The number of carbonyl (C=O) groups is 1. The van der Waals surface area contributed by atoms with E-state index in [9.17, 15) is 4.79 Å². The number of rotatable bonds is 4. The van der Waals surface area contributed by atoms with Crippen LogP contribution in [0.25, 0.3) is 0 Å². The van der Waals surface area contributed by atoms with Crippen molar-refractivity contribution in [3.05, 3.63) is 30.4 Å². The first-order valence-corrected chi connectivity index (χ1v) is 6.15. The molecule has 0 bridgehead atoms. The Labute approximate surface area is 113 Å². The van der Waals surface area contributed by atoms with E-state index < -0.39 is 5.60 Å². The van der Waals surface area contributed by atoms with Gasteiger partial charge in [0.2, 0.25) is 0 Å². The molecule has 0 aromatic heterocycles. The van der Waals surface area contributed by atoms with Crippen molar-refractivity contribution in [1.82, 2.24) is 0 Å². The molecule has 0 radical (unpaired) electrons. The molecule has 1 aliphatic rings. The molecule has 0 aliphatic carbocycles. The van der Waals surface area contributed by atoms with Crippen LogP contribution in [0.15, 0.2) is 24.8 Å². The molecule has 0 saturated heterocycles. The maximum absolute atomic E-state index is 12.2. The summed E-state index contributed by atoms with van der Waals surface area (Å²) in [4.78, 5) is 12.2. The fraction of sp³-hybridized carbons (Fsp3) is 0.400. The lowest BCUT2D eigenvalue weighted by Crippen LogP contribution is -2.36. The Morgan fingerprint density at radius 3 is 2.84 bits per heavy atom. The highest BCUT2D eigenvalue weighted by Crippen LogP contribution is 2.41. The smallest absolute Gasteiger partial charge is 0.174 e. The average molecular weight is 262 g/mol. The van der Waals surface area contributed by atoms with E-state index in [0.29, 0.717) is 35.8 Å². The van der Waals surface area contributed by atoms with Gasteiger partial charge in [0.25, 0.3) is 0 Å². The molecule has 1 aromatic carbocycles. The molecule has 1 aliphatic heterocycles. The van der Waals surface area contributed by atoms with Crippen LogP contribution in [0.4, 0.5) is 0 Å². The van der Waals surface area contributed by atoms with E-state index >= 15 is 0 Å². The highest BCUT2D eigenvalue weighted by molar-refractivity contribution is 6.03. The molecule has 0 amide bonds. The molecule has 0 atom stereocenters. The number of fused-ring (bicyclic) bond motifs is 1. The van der Waals surface area contributed by atoms with E-state index in [4.69, 9.17) is 14.2 Å². The van der Waals surface area contributed by atoms with Crippen molar-refractivity contribution < 1.29 is 19.0 Å². The number of ketones is 1. The van der Waals surface area contributed by atoms with Gasteiger partial charge in [-0.25, -0.2) is 0 Å². The molecule has 4 nitrogen and oxygen atoms in total. The van der Waals surface area contributed by atoms with Gasteiger partial charge in [0, 0.05) is 12.1 Å². The third-order valence-corrected chi connectivity index (χ3v) is 2.88. The van der Waals surface area contributed by atoms with E-state index in [2.05, 4.69) is 6.58 Å². The van der Waals surface area contributed by atoms with Gasteiger partial charge in [-0.2, -0.15) is 0 Å². The average Bonchev–Trinajstić information content (AvgIpc) is 2.33. The summed E-state index contributed by atoms with van der Waals surface area (Å²) in [6, 6.07) is 3.42. The third-order valence-electron chi connectivity index (χ3n) is 2.88. The lowest BCUT2D eigenvalue weighted by molar-refractivity contribution is 0.0612. The van der Waals surface area contributed by atoms with Crippen molar-refractivity contribution in [2.24, 2.45) is 0 Å². The van der Waals surface area contributed by atoms with E-state index in [1.807, 2.05) is 13.8 Å². The molecule has 0 spiro atoms. The molecule has 0 N–H and O–H groups in total. The number of benzene rings is 1. The zero-order valence-corrected chi connectivity index (χ0v) is 11.5. The fourth-order valence-corrected chi connectivity index (χ4v) is 2.13. The quantitative estimate of drug-likeness (QED) is 0.782. The fourth-order valence-electron chi connectivity index (χ4n) is 2.13. The van der Waals surface area contributed by atoms with Gasteiger partial charge in [0.05, 0.1) is 13.5 Å². The summed E-state index contributed by atoms with van der Waals surface area (Å²) in [6.45, 7) is 7.76. The number of ether oxygens (including phenoxy) is 3. The summed E-state index contributed by atoms with van der Waals surface area (Å²) in [5.41, 5.74) is -0.0145. The molecule has 1 heterocycles. The third kappa shape index (κ3) is 2.72. The molecule has 0 fully saturated rings. The normalized spacial score (nSPS) is 16.3. The maximum Gasteiger partial charge on any atom is 0.174 e. The number of hydrogen-bond acceptors (Lipinski definition) is 4. The van der Waals surface area contributed by atoms with Gasteiger partial charge in [0.15, 0.2) is 5.78 Å². The first-order chi connectivity index (χ1) is 8.96. The van der Waals surface area contributed by atoms with Crippen molar-refractivity contribution in [2.45, 2.75) is 25.9 Å². The highest BCUT2D eigenvalue weighted by atomic mass is 16.5. The van der Waals surface area contributed by atoms with Crippen LogP contribution in [0.2, 0.25) is 0 Å². The van der Waals surface area contributed by atoms with E-state index in [0.717, 1.165) is 0 Å². The summed E-state index contributed by atoms with van der Waals surface area (Å²) in [5, 5.41) is 0. The molecular weight excluding hydrogens is 244 g/mol. The minimum atomic E-state index is -0.508. The first-order valence-electron chi connectivity index (χ1n) is 6.15. The molecule has 4 heteroatoms. The maximum atomic E-state index is 12.2. The van der Waals surface area contributed by atoms with Crippen LogP contribution in [-0.4, -0.2) is 25.1 Å². The van der Waals surface area contributed by atoms with Crippen LogP contribution < -0.4 is 14.2 Å². The van der Waals surface area contributed by atoms with Gasteiger partial charge in [-0.15, -0.1) is 0 Å². The van der Waals surface area contributed by atoms with Crippen molar-refractivity contribution in [3.8, 4) is 17.2 Å². The Balaban J connectivity index is 2.47. The molecule has 1 aromatic rings. The monoisotopic (exact) mass is 262 g/mol. The minimum Gasteiger partial charge on any atom is -0.496 e. The zero-order chi connectivity index (χ0) is 14.0. The highest BCUT2D eigenvalue weighted by Gasteiger charge is 2.35. The second-order valence-electron chi connectivity index (χ2n) is 5.06. The molecule has 102 valence electrons. The number of carbonyl (C=O) groups excluding carboxylic acids is 1. The van der Waals surface area contributed by atoms with Crippen molar-refractivity contribution in [2.75, 3.05) is 13.7 Å². The Morgan fingerprint density at radius 2 is 2.21 bits per heavy atom. The van der Waals surface area contributed by atoms with Gasteiger partial charge in [-0.1, -0.05) is 12.7 Å². The Kier molecular flexibility index (Phi) is 3.51. The standard InChI is InChI=1S/C15H18O4/c1-5-6-18-10-7-12(17-4)14-11(16)9-15(2,3)19-13(14)8-10/h5,7-8H,1,6,9H2,2-4H3. The zero-order valence-electron chi connectivity index (χ0n) is 11.5. The van der Waals surface area contributed by atoms with E-state index in [1.165, 1.54) is 7.11 Å². The van der Waals surface area contributed by atoms with Crippen LogP contribution >= 0.6 is 0 Å². The van der Waals surface area contributed by atoms with Crippen molar-refractivity contribution >= 4 is 5.78 Å². The Bertz CT molecular complexity index is 517. The Hall–Kier alpha value is -1.97. The predicted octanol–water partition coefficient (Wildman–Crippen LogP) is 3.00. The van der Waals surface area contributed by atoms with Crippen LogP contribution in [0.1, 0.15) is 30.6 Å². The van der Waals surface area contributed by atoms with Gasteiger partial charge < -0.3 is 14.2 Å². The van der Waals surface area contributed by atoms with Crippen LogP contribution in [0.5, 0.6) is 17.2 Å². The number of Topliss-reactive ketones (excluding diaryl/α,β-unsaturated/α-hetero) is 1. The second kappa shape index (κ2) is 4.96. The van der Waals surface area contributed by atoms with Gasteiger partial charge in [0.1, 0.15) is 35.0 Å². The minimum absolute atomic E-state index is 0.0263. The van der Waals surface area contributed by atoms with E-state index in [-0.39, 0.29) is 5.78 Å². The van der Waals surface area contributed by atoms with Crippen LogP contribution in [0, 0.1) is 0 Å². The summed E-state index contributed by atoms with van der Waals surface area (Å²) < 4.78 is 16.6. The van der Waals surface area contributed by atoms with E-state index in [1.54, 1.807) is 18.2 Å². The molecule has 19 heavy (non-hydrogen) atoms. The summed E-state index contributed by atoms with van der Waals surface area (Å²) in [5.74, 6) is 1.62. The lowest BCUT2D eigenvalue weighted by Gasteiger charge is -2.32. The van der Waals surface area contributed by atoms with Gasteiger partial charge >= 0.3 is 0 Å². The molecule has 2 rings (SSSR count). The largest absolute Gasteiger partial charge is 0.496 e. The van der Waals surface area contributed by atoms with Gasteiger partial charge in [-0.05, 0) is 13.8 Å². The second-order valence-corrected chi connectivity index (χ2v) is 5.06. The molecule has 0 saturated carbocycles. The van der Waals surface area contributed by atoms with Crippen molar-refractivity contribution in [1.29, 1.82) is 0 Å². The Morgan fingerprint density at radius 1 is 1.47 bits per heavy atom. The topological polar surface area (TPSA) is 44.8 Å². The predicted molar refractivity (Wildman–Crippen MR) is 72.3 cm³/mol. The van der Waals surface area contributed by atoms with Crippen LogP contribution in [-0.2, 0) is 0 Å². The summed E-state index contributed by atoms with van der Waals surface area (Å²) in [6.07, 6.45) is 1.99. The first kappa shape index (κ1) is 13.5. The van der Waals surface area contributed by atoms with Gasteiger partial charge in [-0.3, -0.25) is 4.79 Å². The number of hydrogen-bond donors (Lipinski definition) is 0. The lowest BCUT2D eigenvalue weighted by atomic mass is 9.92. The molecule has 0 unspecified atom stereocenters. The van der Waals surface area contributed by atoms with Crippen LogP contribution in [0.3, 0.4) is 0 Å². The summed E-state index contributed by atoms with van der Waals surface area (Å²) >= 11 is 0. The SMILES string of the molecule is C=CCOc1cc(OC)c2c(c1)OC(C)(C)CC2=O. The number of methoxy groups -OCH3 is 1. The molecular formula is C15H18O4. The van der Waals surface area contributed by atoms with Crippen molar-refractivity contribution in [3.63, 3.8) is 0 Å².